The number of fused-ring (bicyclic) bond motifs is 5. The third-order valence-corrected chi connectivity index (χ3v) is 11.4. The van der Waals surface area contributed by atoms with Crippen molar-refractivity contribution in [1.29, 1.82) is 0 Å². The summed E-state index contributed by atoms with van der Waals surface area (Å²) in [7, 11) is 0. The molecule has 0 amide bonds. The van der Waals surface area contributed by atoms with Gasteiger partial charge in [0.2, 0.25) is 0 Å². The molecule has 1 aromatic heterocycles. The fourth-order valence-corrected chi connectivity index (χ4v) is 9.58. The van der Waals surface area contributed by atoms with E-state index in [0.29, 0.717) is 29.1 Å². The Bertz CT molecular complexity index is 1040. The highest BCUT2D eigenvalue weighted by Crippen LogP contribution is 2.68. The summed E-state index contributed by atoms with van der Waals surface area (Å²) in [6, 6.07) is 3.21. The average Bonchev–Trinajstić information content (AvgIpc) is 3.44. The number of rotatable bonds is 3. The van der Waals surface area contributed by atoms with Crippen LogP contribution in [0.25, 0.3) is 0 Å². The molecule has 2 heterocycles. The van der Waals surface area contributed by atoms with Crippen molar-refractivity contribution in [3.63, 3.8) is 0 Å². The second-order valence-electron chi connectivity index (χ2n) is 12.5. The number of allylic oxidation sites excluding steroid dienone is 2. The first-order valence-electron chi connectivity index (χ1n) is 13.6. The third-order valence-electron chi connectivity index (χ3n) is 11.4. The SMILES string of the molecule is C[C@]12CCC([C@@H]3CCN[C@@H]3C(=O)O)C[C@H]1CC[C@H]1C3=CC[C@H](c4ccc(=O)oc4)[C@@]3(C)CC[C@@H]12. The summed E-state index contributed by atoms with van der Waals surface area (Å²) < 4.78 is 5.24. The Morgan fingerprint density at radius 3 is 2.74 bits per heavy atom. The topological polar surface area (TPSA) is 79.5 Å². The zero-order chi connectivity index (χ0) is 23.7. The van der Waals surface area contributed by atoms with Crippen LogP contribution in [0, 0.1) is 40.4 Å². The van der Waals surface area contributed by atoms with Crippen molar-refractivity contribution in [1.82, 2.24) is 5.32 Å². The molecule has 0 spiro atoms. The third kappa shape index (κ3) is 3.29. The highest BCUT2D eigenvalue weighted by Gasteiger charge is 2.58. The van der Waals surface area contributed by atoms with Crippen molar-refractivity contribution < 1.29 is 14.3 Å². The van der Waals surface area contributed by atoms with Crippen molar-refractivity contribution in [3.05, 3.63) is 46.0 Å². The van der Waals surface area contributed by atoms with Gasteiger partial charge in [0.15, 0.2) is 0 Å². The standard InChI is InChI=1S/C29H39NO4/c1-28-12-9-17(20-11-14-30-26(20)27(32)33)15-19(28)4-5-21-23-7-6-22(18-3-8-25(31)34-16-18)29(23,2)13-10-24(21)28/h3,7-8,16-17,19-22,24,26,30H,4-6,9-15H2,1-2H3,(H,32,33)/t17?,19-,20+,21+,22-,24+,26+,28+,29-/m1/s1. The number of carbonyl (C=O) groups is 1. The maximum atomic E-state index is 11.8. The van der Waals surface area contributed by atoms with Crippen molar-refractivity contribution in [2.45, 2.75) is 83.6 Å². The second-order valence-corrected chi connectivity index (χ2v) is 12.5. The van der Waals surface area contributed by atoms with Gasteiger partial charge in [0.05, 0.1) is 6.26 Å². The predicted molar refractivity (Wildman–Crippen MR) is 130 cm³/mol. The van der Waals surface area contributed by atoms with Crippen LogP contribution in [0.4, 0.5) is 0 Å². The molecule has 5 heteroatoms. The number of carboxylic acid groups (broad SMARTS) is 1. The van der Waals surface area contributed by atoms with Gasteiger partial charge in [-0.1, -0.05) is 25.5 Å². The van der Waals surface area contributed by atoms with E-state index in [1.807, 2.05) is 6.07 Å². The van der Waals surface area contributed by atoms with Crippen LogP contribution in [0.5, 0.6) is 0 Å². The summed E-state index contributed by atoms with van der Waals surface area (Å²) in [4.78, 5) is 23.3. The zero-order valence-corrected chi connectivity index (χ0v) is 20.6. The molecule has 6 rings (SSSR count). The van der Waals surface area contributed by atoms with Crippen LogP contribution in [-0.4, -0.2) is 23.7 Å². The van der Waals surface area contributed by atoms with E-state index in [9.17, 15) is 14.7 Å². The zero-order valence-electron chi connectivity index (χ0n) is 20.6. The number of hydrogen-bond acceptors (Lipinski definition) is 4. The van der Waals surface area contributed by atoms with Gasteiger partial charge in [-0.25, -0.2) is 4.79 Å². The lowest BCUT2D eigenvalue weighted by molar-refractivity contribution is -0.141. The van der Waals surface area contributed by atoms with Crippen molar-refractivity contribution in [2.75, 3.05) is 6.54 Å². The first kappa shape index (κ1) is 22.6. The molecule has 0 radical (unpaired) electrons. The van der Waals surface area contributed by atoms with Gasteiger partial charge in [-0.2, -0.15) is 0 Å². The van der Waals surface area contributed by atoms with Gasteiger partial charge < -0.3 is 14.8 Å². The second kappa shape index (κ2) is 8.08. The Morgan fingerprint density at radius 1 is 1.12 bits per heavy atom. The van der Waals surface area contributed by atoms with Gasteiger partial charge in [-0.05, 0) is 122 Å². The Kier molecular flexibility index (Phi) is 5.36. The molecule has 4 fully saturated rings. The number of aliphatic carboxylic acids is 1. The highest BCUT2D eigenvalue weighted by atomic mass is 16.4. The molecule has 1 aromatic rings. The van der Waals surface area contributed by atoms with Gasteiger partial charge in [0.1, 0.15) is 6.04 Å². The van der Waals surface area contributed by atoms with Crippen LogP contribution < -0.4 is 10.9 Å². The van der Waals surface area contributed by atoms with Crippen molar-refractivity contribution in [3.8, 4) is 0 Å². The van der Waals surface area contributed by atoms with E-state index >= 15 is 0 Å². The van der Waals surface area contributed by atoms with Crippen LogP contribution in [-0.2, 0) is 4.79 Å². The molecule has 5 aliphatic rings. The molecule has 5 nitrogen and oxygen atoms in total. The minimum Gasteiger partial charge on any atom is -0.480 e. The monoisotopic (exact) mass is 465 g/mol. The average molecular weight is 466 g/mol. The summed E-state index contributed by atoms with van der Waals surface area (Å²) in [6.07, 6.45) is 15.0. The maximum absolute atomic E-state index is 11.8. The molecule has 0 aromatic carbocycles. The largest absolute Gasteiger partial charge is 0.480 e. The molecule has 0 bridgehead atoms. The Morgan fingerprint density at radius 2 is 1.97 bits per heavy atom. The smallest absolute Gasteiger partial charge is 0.335 e. The van der Waals surface area contributed by atoms with E-state index < -0.39 is 5.97 Å². The quantitative estimate of drug-likeness (QED) is 0.587. The summed E-state index contributed by atoms with van der Waals surface area (Å²) >= 11 is 0. The fourth-order valence-electron chi connectivity index (χ4n) is 9.58. The minimum absolute atomic E-state index is 0.172. The van der Waals surface area contributed by atoms with Crippen molar-refractivity contribution in [2.24, 2.45) is 40.4 Å². The van der Waals surface area contributed by atoms with Crippen LogP contribution >= 0.6 is 0 Å². The Balaban J connectivity index is 1.21. The van der Waals surface area contributed by atoms with Crippen molar-refractivity contribution >= 4 is 5.97 Å². The molecule has 1 saturated heterocycles. The Hall–Kier alpha value is -1.88. The molecule has 9 atom stereocenters. The number of hydrogen-bond donors (Lipinski definition) is 2. The molecule has 34 heavy (non-hydrogen) atoms. The van der Waals surface area contributed by atoms with Crippen LogP contribution in [0.2, 0.25) is 0 Å². The predicted octanol–water partition coefficient (Wildman–Crippen LogP) is 5.37. The molecule has 184 valence electrons. The number of nitrogens with one attached hydrogen (secondary N) is 1. The molecule has 1 aliphatic heterocycles. The summed E-state index contributed by atoms with van der Waals surface area (Å²) in [5, 5.41) is 12.9. The number of carboxylic acids is 1. The van der Waals surface area contributed by atoms with E-state index in [2.05, 4.69) is 25.2 Å². The normalized spacial score (nSPS) is 45.7. The molecule has 3 saturated carbocycles. The molecule has 4 aliphatic carbocycles. The van der Waals surface area contributed by atoms with Gasteiger partial charge in [0, 0.05) is 6.07 Å². The van der Waals surface area contributed by atoms with Gasteiger partial charge in [-0.3, -0.25) is 4.79 Å². The van der Waals surface area contributed by atoms with Crippen LogP contribution in [0.3, 0.4) is 0 Å². The first-order valence-corrected chi connectivity index (χ1v) is 13.6. The molecular weight excluding hydrogens is 426 g/mol. The summed E-state index contributed by atoms with van der Waals surface area (Å²) in [5.41, 5.74) is 3.14. The Labute approximate surface area is 202 Å². The highest BCUT2D eigenvalue weighted by molar-refractivity contribution is 5.74. The first-order chi connectivity index (χ1) is 16.3. The summed E-state index contributed by atoms with van der Waals surface area (Å²) in [5.74, 6) is 2.77. The summed E-state index contributed by atoms with van der Waals surface area (Å²) in [6.45, 7) is 5.89. The lowest BCUT2D eigenvalue weighted by Crippen LogP contribution is -2.52. The molecule has 2 N–H and O–H groups in total. The van der Waals surface area contributed by atoms with Gasteiger partial charge in [-0.15, -0.1) is 0 Å². The van der Waals surface area contributed by atoms with Gasteiger partial charge in [0.25, 0.3) is 0 Å². The van der Waals surface area contributed by atoms with E-state index in [4.69, 9.17) is 4.42 Å². The molecule has 1 unspecified atom stereocenters. The van der Waals surface area contributed by atoms with Crippen LogP contribution in [0.1, 0.15) is 83.1 Å². The lowest BCUT2D eigenvalue weighted by atomic mass is 9.44. The fraction of sp³-hybridized carbons (Fsp3) is 0.724. The lowest BCUT2D eigenvalue weighted by Gasteiger charge is -2.60. The van der Waals surface area contributed by atoms with E-state index in [1.54, 1.807) is 17.9 Å². The minimum atomic E-state index is -0.661. The van der Waals surface area contributed by atoms with Gasteiger partial charge >= 0.3 is 11.6 Å². The van der Waals surface area contributed by atoms with E-state index in [0.717, 1.165) is 31.2 Å². The molecular formula is C29H39NO4. The van der Waals surface area contributed by atoms with Crippen LogP contribution in [0.15, 0.2) is 39.3 Å². The maximum Gasteiger partial charge on any atom is 0.335 e. The van der Waals surface area contributed by atoms with E-state index in [1.165, 1.54) is 50.5 Å². The van der Waals surface area contributed by atoms with E-state index in [-0.39, 0.29) is 17.1 Å².